The molecule has 1 fully saturated rings. The van der Waals surface area contributed by atoms with E-state index >= 15 is 0 Å². The Bertz CT molecular complexity index is 924. The highest BCUT2D eigenvalue weighted by Gasteiger charge is 2.21. The van der Waals surface area contributed by atoms with Crippen LogP contribution in [0.5, 0.6) is 0 Å². The van der Waals surface area contributed by atoms with Crippen LogP contribution < -0.4 is 4.90 Å². The number of halogens is 2. The van der Waals surface area contributed by atoms with E-state index in [1.54, 1.807) is 0 Å². The molecule has 0 radical (unpaired) electrons. The number of aliphatic hydroxyl groups is 1. The van der Waals surface area contributed by atoms with Crippen molar-refractivity contribution in [1.29, 1.82) is 0 Å². The van der Waals surface area contributed by atoms with Gasteiger partial charge in [0.1, 0.15) is 0 Å². The highest BCUT2D eigenvalue weighted by Crippen LogP contribution is 2.34. The van der Waals surface area contributed by atoms with Gasteiger partial charge in [-0.2, -0.15) is 0 Å². The predicted octanol–water partition coefficient (Wildman–Crippen LogP) is 4.56. The molecular weight excluding hydrogens is 357 g/mol. The van der Waals surface area contributed by atoms with Gasteiger partial charge in [-0.15, -0.1) is 0 Å². The molecule has 1 aromatic heterocycles. The molecule has 0 bridgehead atoms. The van der Waals surface area contributed by atoms with Crippen LogP contribution in [-0.2, 0) is 0 Å². The molecule has 0 saturated carbocycles. The molecular formula is C19H17Cl2N3O. The molecule has 0 amide bonds. The fourth-order valence-electron chi connectivity index (χ4n) is 3.15. The number of nitrogens with zero attached hydrogens (tertiary/aromatic N) is 3. The number of fused-ring (bicyclic) bond motifs is 1. The van der Waals surface area contributed by atoms with E-state index in [1.165, 1.54) is 0 Å². The second-order valence-electron chi connectivity index (χ2n) is 6.23. The number of rotatable bonds is 2. The lowest BCUT2D eigenvalue weighted by Gasteiger charge is -2.30. The van der Waals surface area contributed by atoms with Crippen LogP contribution in [0.3, 0.4) is 0 Å². The normalized spacial score (nSPS) is 15.7. The zero-order valence-corrected chi connectivity index (χ0v) is 15.0. The van der Waals surface area contributed by atoms with E-state index < -0.39 is 0 Å². The Balaban J connectivity index is 1.90. The van der Waals surface area contributed by atoms with E-state index in [1.807, 2.05) is 42.5 Å². The van der Waals surface area contributed by atoms with Gasteiger partial charge in [-0.1, -0.05) is 41.4 Å². The first-order valence-electron chi connectivity index (χ1n) is 8.27. The minimum atomic E-state index is -0.237. The SMILES string of the molecule is OC1CCN(c2nc(-c3ccccc3Cl)c3cc(Cl)ccc3n2)CC1. The average Bonchev–Trinajstić information content (AvgIpc) is 2.62. The number of aromatic nitrogens is 2. The minimum absolute atomic E-state index is 0.237. The smallest absolute Gasteiger partial charge is 0.226 e. The monoisotopic (exact) mass is 373 g/mol. The zero-order valence-electron chi connectivity index (χ0n) is 13.5. The summed E-state index contributed by atoms with van der Waals surface area (Å²) < 4.78 is 0. The van der Waals surface area contributed by atoms with Crippen LogP contribution in [0, 0.1) is 0 Å². The van der Waals surface area contributed by atoms with Crippen molar-refractivity contribution in [3.8, 4) is 11.3 Å². The van der Waals surface area contributed by atoms with E-state index in [2.05, 4.69) is 4.90 Å². The number of anilines is 1. The van der Waals surface area contributed by atoms with Crippen LogP contribution in [0.2, 0.25) is 10.0 Å². The highest BCUT2D eigenvalue weighted by atomic mass is 35.5. The molecule has 1 aliphatic rings. The maximum absolute atomic E-state index is 9.75. The molecule has 1 aliphatic heterocycles. The molecule has 0 unspecified atom stereocenters. The van der Waals surface area contributed by atoms with Gasteiger partial charge >= 0.3 is 0 Å². The van der Waals surface area contributed by atoms with E-state index in [-0.39, 0.29) is 6.10 Å². The van der Waals surface area contributed by atoms with Crippen LogP contribution in [0.25, 0.3) is 22.2 Å². The van der Waals surface area contributed by atoms with Crippen molar-refractivity contribution < 1.29 is 5.11 Å². The van der Waals surface area contributed by atoms with Crippen LogP contribution >= 0.6 is 23.2 Å². The van der Waals surface area contributed by atoms with Crippen molar-refractivity contribution in [3.63, 3.8) is 0 Å². The van der Waals surface area contributed by atoms with Gasteiger partial charge < -0.3 is 10.0 Å². The number of piperidine rings is 1. The first-order chi connectivity index (χ1) is 12.1. The first kappa shape index (κ1) is 16.6. The largest absolute Gasteiger partial charge is 0.393 e. The molecule has 6 heteroatoms. The minimum Gasteiger partial charge on any atom is -0.393 e. The average molecular weight is 374 g/mol. The van der Waals surface area contributed by atoms with Gasteiger partial charge in [-0.3, -0.25) is 0 Å². The molecule has 25 heavy (non-hydrogen) atoms. The van der Waals surface area contributed by atoms with Crippen molar-refractivity contribution >= 4 is 40.1 Å². The Morgan fingerprint density at radius 3 is 2.52 bits per heavy atom. The van der Waals surface area contributed by atoms with Gasteiger partial charge in [-0.05, 0) is 37.1 Å². The number of aliphatic hydroxyl groups excluding tert-OH is 1. The number of hydrogen-bond donors (Lipinski definition) is 1. The third kappa shape index (κ3) is 3.30. The van der Waals surface area contributed by atoms with Crippen LogP contribution in [0.4, 0.5) is 5.95 Å². The maximum Gasteiger partial charge on any atom is 0.226 e. The van der Waals surface area contributed by atoms with Crippen LogP contribution in [0.1, 0.15) is 12.8 Å². The molecule has 2 heterocycles. The van der Waals surface area contributed by atoms with Gasteiger partial charge in [0.2, 0.25) is 5.95 Å². The van der Waals surface area contributed by atoms with Crippen LogP contribution in [-0.4, -0.2) is 34.3 Å². The zero-order chi connectivity index (χ0) is 17.4. The summed E-state index contributed by atoms with van der Waals surface area (Å²) >= 11 is 12.6. The van der Waals surface area contributed by atoms with Crippen molar-refractivity contribution in [1.82, 2.24) is 9.97 Å². The summed E-state index contributed by atoms with van der Waals surface area (Å²) in [4.78, 5) is 11.6. The van der Waals surface area contributed by atoms with Gasteiger partial charge in [0.25, 0.3) is 0 Å². The Labute approximate surface area is 156 Å². The maximum atomic E-state index is 9.75. The summed E-state index contributed by atoms with van der Waals surface area (Å²) in [5, 5.41) is 11.9. The molecule has 4 rings (SSSR count). The fraction of sp³-hybridized carbons (Fsp3) is 0.263. The molecule has 0 aliphatic carbocycles. The van der Waals surface area contributed by atoms with Gasteiger partial charge in [0.15, 0.2) is 0 Å². The van der Waals surface area contributed by atoms with E-state index in [0.29, 0.717) is 16.0 Å². The fourth-order valence-corrected chi connectivity index (χ4v) is 3.55. The summed E-state index contributed by atoms with van der Waals surface area (Å²) in [5.74, 6) is 0.664. The Morgan fingerprint density at radius 2 is 1.76 bits per heavy atom. The van der Waals surface area contributed by atoms with Gasteiger partial charge in [0, 0.05) is 34.1 Å². The lowest BCUT2D eigenvalue weighted by atomic mass is 10.1. The third-order valence-corrected chi connectivity index (χ3v) is 5.09. The molecule has 128 valence electrons. The van der Waals surface area contributed by atoms with Gasteiger partial charge in [-0.25, -0.2) is 9.97 Å². The summed E-state index contributed by atoms with van der Waals surface area (Å²) in [7, 11) is 0. The van der Waals surface area contributed by atoms with Crippen molar-refractivity contribution in [3.05, 3.63) is 52.5 Å². The standard InChI is InChI=1S/C19H17Cl2N3O/c20-12-5-6-17-15(11-12)18(14-3-1-2-4-16(14)21)23-19(22-17)24-9-7-13(25)8-10-24/h1-6,11,13,25H,7-10H2. The van der Waals surface area contributed by atoms with E-state index in [0.717, 1.165) is 48.1 Å². The molecule has 0 atom stereocenters. The molecule has 2 aromatic carbocycles. The third-order valence-electron chi connectivity index (χ3n) is 4.52. The van der Waals surface area contributed by atoms with Crippen molar-refractivity contribution in [2.45, 2.75) is 18.9 Å². The molecule has 1 N–H and O–H groups in total. The lowest BCUT2D eigenvalue weighted by Crippen LogP contribution is -2.36. The Hall–Kier alpha value is -1.88. The summed E-state index contributed by atoms with van der Waals surface area (Å²) in [6.45, 7) is 1.48. The summed E-state index contributed by atoms with van der Waals surface area (Å²) in [6, 6.07) is 13.3. The second kappa shape index (κ2) is 6.79. The Kier molecular flexibility index (Phi) is 4.50. The van der Waals surface area contributed by atoms with Crippen molar-refractivity contribution in [2.24, 2.45) is 0 Å². The summed E-state index contributed by atoms with van der Waals surface area (Å²) in [5.41, 5.74) is 2.46. The predicted molar refractivity (Wildman–Crippen MR) is 102 cm³/mol. The Morgan fingerprint density at radius 1 is 1.00 bits per heavy atom. The molecule has 4 nitrogen and oxygen atoms in total. The summed E-state index contributed by atoms with van der Waals surface area (Å²) in [6.07, 6.45) is 1.21. The second-order valence-corrected chi connectivity index (χ2v) is 7.08. The van der Waals surface area contributed by atoms with E-state index in [9.17, 15) is 5.11 Å². The van der Waals surface area contributed by atoms with Crippen molar-refractivity contribution in [2.75, 3.05) is 18.0 Å². The molecule has 1 saturated heterocycles. The van der Waals surface area contributed by atoms with Gasteiger partial charge in [0.05, 0.1) is 17.3 Å². The number of benzene rings is 2. The highest BCUT2D eigenvalue weighted by molar-refractivity contribution is 6.34. The quantitative estimate of drug-likeness (QED) is 0.714. The van der Waals surface area contributed by atoms with E-state index in [4.69, 9.17) is 33.2 Å². The topological polar surface area (TPSA) is 49.2 Å². The first-order valence-corrected chi connectivity index (χ1v) is 9.02. The van der Waals surface area contributed by atoms with Crippen LogP contribution in [0.15, 0.2) is 42.5 Å². The molecule has 0 spiro atoms. The molecule has 3 aromatic rings. The lowest BCUT2D eigenvalue weighted by molar-refractivity contribution is 0.145. The number of hydrogen-bond acceptors (Lipinski definition) is 4.